The molecular formula is C16H28N2O3. The fourth-order valence-corrected chi connectivity index (χ4v) is 3.65. The van der Waals surface area contributed by atoms with Crippen LogP contribution in [0.5, 0.6) is 0 Å². The van der Waals surface area contributed by atoms with Crippen molar-refractivity contribution < 1.29 is 14.3 Å². The molecule has 5 heteroatoms. The Morgan fingerprint density at radius 3 is 2.14 bits per heavy atom. The van der Waals surface area contributed by atoms with E-state index in [2.05, 4.69) is 4.90 Å². The molecule has 0 bridgehead atoms. The van der Waals surface area contributed by atoms with E-state index in [0.29, 0.717) is 25.5 Å². The molecule has 3 aliphatic rings. The molecule has 0 unspecified atom stereocenters. The molecular weight excluding hydrogens is 268 g/mol. The summed E-state index contributed by atoms with van der Waals surface area (Å²) >= 11 is 0. The van der Waals surface area contributed by atoms with Gasteiger partial charge in [-0.1, -0.05) is 12.8 Å². The third kappa shape index (κ3) is 3.96. The number of hydrogen-bond donors (Lipinski definition) is 0. The zero-order valence-corrected chi connectivity index (χ0v) is 13.0. The summed E-state index contributed by atoms with van der Waals surface area (Å²) in [4.78, 5) is 16.8. The molecule has 3 saturated heterocycles. The van der Waals surface area contributed by atoms with Crippen LogP contribution in [0.25, 0.3) is 0 Å². The van der Waals surface area contributed by atoms with Crippen LogP contribution in [0, 0.1) is 0 Å². The monoisotopic (exact) mass is 296 g/mol. The SMILES string of the molecule is O=C(CCN1CCCCCC1)N1CCC2(CC1)OCCO2. The summed E-state index contributed by atoms with van der Waals surface area (Å²) in [6.45, 7) is 6.20. The van der Waals surface area contributed by atoms with Gasteiger partial charge in [-0.05, 0) is 25.9 Å². The minimum Gasteiger partial charge on any atom is -0.347 e. The van der Waals surface area contributed by atoms with Gasteiger partial charge in [0.15, 0.2) is 5.79 Å². The van der Waals surface area contributed by atoms with E-state index in [4.69, 9.17) is 9.47 Å². The molecule has 1 spiro atoms. The molecule has 0 N–H and O–H groups in total. The lowest BCUT2D eigenvalue weighted by Gasteiger charge is -2.37. The average Bonchev–Trinajstić information content (AvgIpc) is 2.80. The van der Waals surface area contributed by atoms with Crippen LogP contribution in [0.2, 0.25) is 0 Å². The molecule has 3 rings (SSSR count). The van der Waals surface area contributed by atoms with Gasteiger partial charge in [0.2, 0.25) is 5.91 Å². The zero-order chi connectivity index (χ0) is 14.5. The van der Waals surface area contributed by atoms with E-state index in [9.17, 15) is 4.79 Å². The van der Waals surface area contributed by atoms with E-state index in [1.165, 1.54) is 25.7 Å². The van der Waals surface area contributed by atoms with Gasteiger partial charge in [-0.3, -0.25) is 4.79 Å². The lowest BCUT2D eigenvalue weighted by atomic mass is 10.0. The third-order valence-electron chi connectivity index (χ3n) is 5.03. The Labute approximate surface area is 127 Å². The largest absolute Gasteiger partial charge is 0.347 e. The second-order valence-electron chi connectivity index (χ2n) is 6.49. The molecule has 0 radical (unpaired) electrons. The molecule has 3 fully saturated rings. The molecule has 120 valence electrons. The topological polar surface area (TPSA) is 42.0 Å². The molecule has 3 aliphatic heterocycles. The highest BCUT2D eigenvalue weighted by molar-refractivity contribution is 5.76. The standard InChI is InChI=1S/C16H28N2O3/c19-15(5-10-17-8-3-1-2-4-9-17)18-11-6-16(7-12-18)20-13-14-21-16/h1-14H2. The summed E-state index contributed by atoms with van der Waals surface area (Å²) in [6.07, 6.45) is 7.57. The number of hydrogen-bond acceptors (Lipinski definition) is 4. The van der Waals surface area contributed by atoms with Crippen LogP contribution >= 0.6 is 0 Å². The molecule has 0 aromatic rings. The van der Waals surface area contributed by atoms with Crippen molar-refractivity contribution in [1.82, 2.24) is 9.80 Å². The summed E-state index contributed by atoms with van der Waals surface area (Å²) < 4.78 is 11.4. The van der Waals surface area contributed by atoms with Crippen LogP contribution in [0.3, 0.4) is 0 Å². The first kappa shape index (κ1) is 15.3. The Balaban J connectivity index is 1.39. The van der Waals surface area contributed by atoms with Crippen molar-refractivity contribution in [3.05, 3.63) is 0 Å². The van der Waals surface area contributed by atoms with E-state index in [-0.39, 0.29) is 5.79 Å². The lowest BCUT2D eigenvalue weighted by molar-refractivity contribution is -0.187. The van der Waals surface area contributed by atoms with Crippen LogP contribution in [0.15, 0.2) is 0 Å². The van der Waals surface area contributed by atoms with E-state index in [0.717, 1.165) is 45.6 Å². The number of rotatable bonds is 3. The van der Waals surface area contributed by atoms with Crippen LogP contribution in [-0.4, -0.2) is 67.4 Å². The Bertz CT molecular complexity index is 337. The van der Waals surface area contributed by atoms with E-state index < -0.39 is 0 Å². The van der Waals surface area contributed by atoms with Crippen molar-refractivity contribution in [2.24, 2.45) is 0 Å². The van der Waals surface area contributed by atoms with Gasteiger partial charge in [0.05, 0.1) is 13.2 Å². The molecule has 0 saturated carbocycles. The normalized spacial score (nSPS) is 27.0. The predicted octanol–water partition coefficient (Wildman–Crippen LogP) is 1.62. The molecule has 21 heavy (non-hydrogen) atoms. The smallest absolute Gasteiger partial charge is 0.223 e. The molecule has 0 aromatic carbocycles. The van der Waals surface area contributed by atoms with Crippen LogP contribution < -0.4 is 0 Å². The second-order valence-corrected chi connectivity index (χ2v) is 6.49. The zero-order valence-electron chi connectivity index (χ0n) is 13.0. The maximum Gasteiger partial charge on any atom is 0.223 e. The van der Waals surface area contributed by atoms with E-state index in [1.54, 1.807) is 0 Å². The van der Waals surface area contributed by atoms with Crippen LogP contribution in [0.4, 0.5) is 0 Å². The summed E-state index contributed by atoms with van der Waals surface area (Å²) in [5.74, 6) is -0.0752. The fraction of sp³-hybridized carbons (Fsp3) is 0.938. The lowest BCUT2D eigenvalue weighted by Crippen LogP contribution is -2.47. The number of likely N-dealkylation sites (tertiary alicyclic amines) is 2. The number of carbonyl (C=O) groups excluding carboxylic acids is 1. The maximum absolute atomic E-state index is 12.3. The Morgan fingerprint density at radius 2 is 1.52 bits per heavy atom. The number of nitrogens with zero attached hydrogens (tertiary/aromatic N) is 2. The summed E-state index contributed by atoms with van der Waals surface area (Å²) in [5, 5.41) is 0. The Morgan fingerprint density at radius 1 is 0.905 bits per heavy atom. The summed E-state index contributed by atoms with van der Waals surface area (Å²) in [7, 11) is 0. The molecule has 3 heterocycles. The van der Waals surface area contributed by atoms with Crippen molar-refractivity contribution in [1.29, 1.82) is 0 Å². The van der Waals surface area contributed by atoms with Gasteiger partial charge < -0.3 is 19.3 Å². The highest BCUT2D eigenvalue weighted by atomic mass is 16.7. The van der Waals surface area contributed by atoms with Crippen LogP contribution in [-0.2, 0) is 14.3 Å². The summed E-state index contributed by atoms with van der Waals surface area (Å²) in [5.41, 5.74) is 0. The highest BCUT2D eigenvalue weighted by Gasteiger charge is 2.40. The van der Waals surface area contributed by atoms with Crippen molar-refractivity contribution in [2.45, 2.75) is 50.7 Å². The molecule has 0 aromatic heterocycles. The van der Waals surface area contributed by atoms with Gasteiger partial charge in [-0.15, -0.1) is 0 Å². The van der Waals surface area contributed by atoms with E-state index in [1.807, 2.05) is 4.90 Å². The first-order valence-electron chi connectivity index (χ1n) is 8.56. The van der Waals surface area contributed by atoms with Gasteiger partial charge in [0, 0.05) is 38.9 Å². The number of amides is 1. The molecule has 0 atom stereocenters. The maximum atomic E-state index is 12.3. The van der Waals surface area contributed by atoms with Gasteiger partial charge >= 0.3 is 0 Å². The predicted molar refractivity (Wildman–Crippen MR) is 80.0 cm³/mol. The number of ether oxygens (including phenoxy) is 2. The van der Waals surface area contributed by atoms with Crippen molar-refractivity contribution in [3.63, 3.8) is 0 Å². The fourth-order valence-electron chi connectivity index (χ4n) is 3.65. The molecule has 5 nitrogen and oxygen atoms in total. The first-order chi connectivity index (χ1) is 10.3. The summed E-state index contributed by atoms with van der Waals surface area (Å²) in [6, 6.07) is 0. The average molecular weight is 296 g/mol. The van der Waals surface area contributed by atoms with Gasteiger partial charge in [0.1, 0.15) is 0 Å². The van der Waals surface area contributed by atoms with Crippen molar-refractivity contribution >= 4 is 5.91 Å². The van der Waals surface area contributed by atoms with Crippen molar-refractivity contribution in [3.8, 4) is 0 Å². The van der Waals surface area contributed by atoms with E-state index >= 15 is 0 Å². The molecule has 1 amide bonds. The molecule has 0 aliphatic carbocycles. The van der Waals surface area contributed by atoms with Crippen molar-refractivity contribution in [2.75, 3.05) is 45.9 Å². The highest BCUT2D eigenvalue weighted by Crippen LogP contribution is 2.31. The Hall–Kier alpha value is -0.650. The minimum absolute atomic E-state index is 0.298. The van der Waals surface area contributed by atoms with Crippen LogP contribution in [0.1, 0.15) is 44.9 Å². The van der Waals surface area contributed by atoms with Gasteiger partial charge in [-0.25, -0.2) is 0 Å². The van der Waals surface area contributed by atoms with Gasteiger partial charge in [0.25, 0.3) is 0 Å². The van der Waals surface area contributed by atoms with Gasteiger partial charge in [-0.2, -0.15) is 0 Å². The second kappa shape index (κ2) is 7.07. The first-order valence-corrected chi connectivity index (χ1v) is 8.56. The third-order valence-corrected chi connectivity index (χ3v) is 5.03. The minimum atomic E-state index is -0.373. The number of carbonyl (C=O) groups is 1. The quantitative estimate of drug-likeness (QED) is 0.793. The Kier molecular flexibility index (Phi) is 5.14. The number of piperidine rings is 1.